The van der Waals surface area contributed by atoms with Gasteiger partial charge >= 0.3 is 0 Å². The van der Waals surface area contributed by atoms with Crippen molar-refractivity contribution in [3.63, 3.8) is 0 Å². The maximum atomic E-state index is 13.0. The van der Waals surface area contributed by atoms with Crippen molar-refractivity contribution in [2.24, 2.45) is 0 Å². The normalized spacial score (nSPS) is 20.5. The van der Waals surface area contributed by atoms with Gasteiger partial charge in [-0.2, -0.15) is 5.10 Å². The topological polar surface area (TPSA) is 76.0 Å². The molecule has 0 saturated heterocycles. The maximum absolute atomic E-state index is 13.0. The molecule has 1 unspecified atom stereocenters. The lowest BCUT2D eigenvalue weighted by molar-refractivity contribution is -0.125. The Hall–Kier alpha value is -3.41. The van der Waals surface area contributed by atoms with Gasteiger partial charge in [-0.15, -0.1) is 0 Å². The number of nitrogens with zero attached hydrogens (tertiary/aromatic N) is 2. The molecule has 2 aromatic carbocycles. The van der Waals surface area contributed by atoms with Gasteiger partial charge < -0.3 is 10.6 Å². The molecule has 2 aliphatic rings. The molecular formula is C20H16N4O2. The highest BCUT2D eigenvalue weighted by molar-refractivity contribution is 6.14. The molecule has 1 spiro atoms. The van der Waals surface area contributed by atoms with E-state index in [1.165, 1.54) is 0 Å². The van der Waals surface area contributed by atoms with Gasteiger partial charge in [0, 0.05) is 17.7 Å². The van der Waals surface area contributed by atoms with Crippen LogP contribution in [0.25, 0.3) is 5.69 Å². The molecule has 128 valence electrons. The van der Waals surface area contributed by atoms with Crippen LogP contribution in [0.5, 0.6) is 0 Å². The molecule has 2 amide bonds. The summed E-state index contributed by atoms with van der Waals surface area (Å²) in [6.07, 6.45) is 1.77. The Bertz CT molecular complexity index is 1070. The van der Waals surface area contributed by atoms with Crippen LogP contribution in [0.4, 0.5) is 11.5 Å². The lowest BCUT2D eigenvalue weighted by Gasteiger charge is -2.31. The number of fused-ring (bicyclic) bond motifs is 4. The van der Waals surface area contributed by atoms with E-state index in [4.69, 9.17) is 0 Å². The van der Waals surface area contributed by atoms with Gasteiger partial charge in [0.2, 0.25) is 11.8 Å². The van der Waals surface area contributed by atoms with Crippen molar-refractivity contribution < 1.29 is 9.59 Å². The number of carbonyl (C=O) groups excluding carboxylic acids is 2. The molecule has 1 atom stereocenters. The van der Waals surface area contributed by atoms with E-state index in [1.54, 1.807) is 10.9 Å². The number of hydrogen-bond acceptors (Lipinski definition) is 3. The number of aryl methyl sites for hydroxylation is 1. The second-order valence-electron chi connectivity index (χ2n) is 6.79. The lowest BCUT2D eigenvalue weighted by Crippen LogP contribution is -2.43. The zero-order valence-electron chi connectivity index (χ0n) is 14.1. The Morgan fingerprint density at radius 1 is 1.04 bits per heavy atom. The molecule has 3 aromatic rings. The highest BCUT2D eigenvalue weighted by Gasteiger charge is 2.54. The maximum Gasteiger partial charge on any atom is 0.240 e. The van der Waals surface area contributed by atoms with Crippen molar-refractivity contribution in [1.29, 1.82) is 0 Å². The van der Waals surface area contributed by atoms with E-state index in [0.717, 1.165) is 28.1 Å². The quantitative estimate of drug-likeness (QED) is 0.713. The van der Waals surface area contributed by atoms with Crippen molar-refractivity contribution in [3.05, 3.63) is 71.4 Å². The Labute approximate surface area is 149 Å². The van der Waals surface area contributed by atoms with Crippen LogP contribution >= 0.6 is 0 Å². The average Bonchev–Trinajstić information content (AvgIpc) is 3.17. The fraction of sp³-hybridized carbons (Fsp3) is 0.150. The van der Waals surface area contributed by atoms with Gasteiger partial charge in [0.1, 0.15) is 11.2 Å². The molecule has 1 aromatic heterocycles. The first-order valence-electron chi connectivity index (χ1n) is 8.46. The molecule has 5 rings (SSSR count). The van der Waals surface area contributed by atoms with E-state index in [1.807, 2.05) is 55.5 Å². The largest absolute Gasteiger partial charge is 0.325 e. The number of hydrogen-bond donors (Lipinski definition) is 2. The predicted octanol–water partition coefficient (Wildman–Crippen LogP) is 2.76. The number of nitrogens with one attached hydrogen (secondary N) is 2. The Morgan fingerprint density at radius 3 is 2.65 bits per heavy atom. The molecule has 0 fully saturated rings. The summed E-state index contributed by atoms with van der Waals surface area (Å²) in [6.45, 7) is 1.98. The van der Waals surface area contributed by atoms with E-state index < -0.39 is 5.41 Å². The first-order valence-corrected chi connectivity index (χ1v) is 8.46. The van der Waals surface area contributed by atoms with E-state index in [9.17, 15) is 9.59 Å². The molecule has 2 N–H and O–H groups in total. The molecule has 0 aliphatic carbocycles. The Kier molecular flexibility index (Phi) is 2.89. The van der Waals surface area contributed by atoms with Crippen LogP contribution in [0, 0.1) is 6.92 Å². The summed E-state index contributed by atoms with van der Waals surface area (Å²) in [6, 6.07) is 15.4. The summed E-state index contributed by atoms with van der Waals surface area (Å²) in [5, 5.41) is 10.3. The molecule has 0 bridgehead atoms. The summed E-state index contributed by atoms with van der Waals surface area (Å²) in [7, 11) is 0. The first kappa shape index (κ1) is 14.9. The molecular weight excluding hydrogens is 328 g/mol. The smallest absolute Gasteiger partial charge is 0.240 e. The van der Waals surface area contributed by atoms with Gasteiger partial charge in [-0.05, 0) is 30.7 Å². The van der Waals surface area contributed by atoms with Crippen molar-refractivity contribution in [2.45, 2.75) is 18.8 Å². The molecule has 2 aliphatic heterocycles. The highest BCUT2D eigenvalue weighted by atomic mass is 16.2. The molecule has 6 heteroatoms. The van der Waals surface area contributed by atoms with Crippen LogP contribution in [-0.4, -0.2) is 21.6 Å². The van der Waals surface area contributed by atoms with Gasteiger partial charge in [0.05, 0.1) is 11.9 Å². The minimum Gasteiger partial charge on any atom is -0.325 e. The number of aromatic nitrogens is 2. The van der Waals surface area contributed by atoms with Crippen LogP contribution < -0.4 is 10.6 Å². The van der Waals surface area contributed by atoms with Crippen molar-refractivity contribution in [2.75, 3.05) is 10.6 Å². The van der Waals surface area contributed by atoms with Crippen LogP contribution in [0.15, 0.2) is 54.7 Å². The van der Waals surface area contributed by atoms with Crippen LogP contribution in [0.1, 0.15) is 23.1 Å². The fourth-order valence-electron chi connectivity index (χ4n) is 3.97. The average molecular weight is 344 g/mol. The number of carbonyl (C=O) groups is 2. The molecule has 26 heavy (non-hydrogen) atoms. The van der Waals surface area contributed by atoms with Gasteiger partial charge in [0.25, 0.3) is 0 Å². The SMILES string of the molecule is Cc1ccc2c(c1)C1(CC(=O)Nc3c1cnn3-c1ccccc1)C(=O)N2. The van der Waals surface area contributed by atoms with E-state index >= 15 is 0 Å². The summed E-state index contributed by atoms with van der Waals surface area (Å²) < 4.78 is 1.68. The minimum absolute atomic E-state index is 0.0722. The summed E-state index contributed by atoms with van der Waals surface area (Å²) in [4.78, 5) is 25.6. The van der Waals surface area contributed by atoms with Crippen LogP contribution in [0.2, 0.25) is 0 Å². The van der Waals surface area contributed by atoms with E-state index in [0.29, 0.717) is 5.82 Å². The van der Waals surface area contributed by atoms with Crippen LogP contribution in [-0.2, 0) is 15.0 Å². The summed E-state index contributed by atoms with van der Waals surface area (Å²) in [5.41, 5.74) is 3.16. The van der Waals surface area contributed by atoms with Gasteiger partial charge in [-0.25, -0.2) is 4.68 Å². The third kappa shape index (κ3) is 1.84. The lowest BCUT2D eigenvalue weighted by atomic mass is 9.71. The van der Waals surface area contributed by atoms with Crippen molar-refractivity contribution in [1.82, 2.24) is 9.78 Å². The number of rotatable bonds is 1. The van der Waals surface area contributed by atoms with Gasteiger partial charge in [-0.1, -0.05) is 35.9 Å². The zero-order valence-corrected chi connectivity index (χ0v) is 14.1. The summed E-state index contributed by atoms with van der Waals surface area (Å²) in [5.74, 6) is 0.179. The number of anilines is 2. The van der Waals surface area contributed by atoms with Crippen molar-refractivity contribution >= 4 is 23.3 Å². The zero-order chi connectivity index (χ0) is 17.9. The third-order valence-electron chi connectivity index (χ3n) is 5.18. The Balaban J connectivity index is 1.78. The number of benzene rings is 2. The standard InChI is InChI=1S/C20H16N4O2/c1-12-7-8-16-14(9-12)20(19(26)22-16)10-17(25)23-18-15(20)11-21-24(18)13-5-3-2-4-6-13/h2-9,11H,10H2,1H3,(H,22,26)(H,23,25). The highest BCUT2D eigenvalue weighted by Crippen LogP contribution is 2.50. The second-order valence-corrected chi connectivity index (χ2v) is 6.79. The molecule has 6 nitrogen and oxygen atoms in total. The predicted molar refractivity (Wildman–Crippen MR) is 97.4 cm³/mol. The van der Waals surface area contributed by atoms with Crippen LogP contribution in [0.3, 0.4) is 0 Å². The van der Waals surface area contributed by atoms with Crippen molar-refractivity contribution in [3.8, 4) is 5.69 Å². The van der Waals surface area contributed by atoms with Gasteiger partial charge in [0.15, 0.2) is 0 Å². The monoisotopic (exact) mass is 344 g/mol. The molecule has 0 radical (unpaired) electrons. The first-order chi connectivity index (χ1) is 12.6. The van der Waals surface area contributed by atoms with Gasteiger partial charge in [-0.3, -0.25) is 9.59 Å². The number of amides is 2. The number of para-hydroxylation sites is 1. The molecule has 0 saturated carbocycles. The summed E-state index contributed by atoms with van der Waals surface area (Å²) >= 11 is 0. The van der Waals surface area contributed by atoms with E-state index in [-0.39, 0.29) is 18.2 Å². The Morgan fingerprint density at radius 2 is 1.85 bits per heavy atom. The minimum atomic E-state index is -1.04. The third-order valence-corrected chi connectivity index (χ3v) is 5.18. The van der Waals surface area contributed by atoms with E-state index in [2.05, 4.69) is 15.7 Å². The fourth-order valence-corrected chi connectivity index (χ4v) is 3.97. The molecule has 3 heterocycles. The second kappa shape index (κ2) is 5.05.